The number of likely N-dealkylation sites (N-methyl/N-ethyl adjacent to an activating group) is 1. The van der Waals surface area contributed by atoms with Crippen molar-refractivity contribution in [1.82, 2.24) is 10.2 Å². The van der Waals surface area contributed by atoms with E-state index in [0.29, 0.717) is 5.11 Å². The van der Waals surface area contributed by atoms with E-state index in [-0.39, 0.29) is 18.3 Å². The van der Waals surface area contributed by atoms with Gasteiger partial charge in [-0.25, -0.2) is 0 Å². The van der Waals surface area contributed by atoms with Gasteiger partial charge in [0.25, 0.3) is 0 Å². The number of hydrogen-bond acceptors (Lipinski definition) is 4. The monoisotopic (exact) mass is 328 g/mol. The van der Waals surface area contributed by atoms with E-state index in [1.807, 2.05) is 12.1 Å². The fraction of sp³-hybridized carbons (Fsp3) is 0.429. The Morgan fingerprint density at radius 2 is 1.71 bits per heavy atom. The molecule has 21 heavy (non-hydrogen) atoms. The summed E-state index contributed by atoms with van der Waals surface area (Å²) in [6, 6.07) is 8.09. The number of nitrogens with one attached hydrogen (secondary N) is 2. The highest BCUT2D eigenvalue weighted by atomic mass is 35.5. The predicted octanol–water partition coefficient (Wildman–Crippen LogP) is 1.69. The number of anilines is 2. The SMILES string of the molecule is CC(=O)NC(=S)Nc1ccc(N2CCN(C)CC2)cc1.Cl. The third kappa shape index (κ3) is 5.49. The lowest BCUT2D eigenvalue weighted by Gasteiger charge is -2.34. The normalized spacial score (nSPS) is 15.0. The molecular formula is C14H21ClN4OS. The summed E-state index contributed by atoms with van der Waals surface area (Å²) in [6.07, 6.45) is 0. The fourth-order valence-corrected chi connectivity index (χ4v) is 2.40. The molecule has 1 fully saturated rings. The van der Waals surface area contributed by atoms with Crippen molar-refractivity contribution in [2.24, 2.45) is 0 Å². The van der Waals surface area contributed by atoms with Gasteiger partial charge in [0.15, 0.2) is 5.11 Å². The first-order chi connectivity index (χ1) is 9.54. The molecule has 1 heterocycles. The molecule has 7 heteroatoms. The third-order valence-corrected chi connectivity index (χ3v) is 3.49. The van der Waals surface area contributed by atoms with Gasteiger partial charge in [-0.2, -0.15) is 0 Å². The minimum atomic E-state index is -0.170. The smallest absolute Gasteiger partial charge is 0.222 e. The number of benzene rings is 1. The van der Waals surface area contributed by atoms with Crippen molar-refractivity contribution < 1.29 is 4.79 Å². The van der Waals surface area contributed by atoms with E-state index in [1.165, 1.54) is 12.6 Å². The van der Waals surface area contributed by atoms with Gasteiger partial charge in [0.05, 0.1) is 0 Å². The van der Waals surface area contributed by atoms with Gasteiger partial charge in [-0.15, -0.1) is 12.4 Å². The average Bonchev–Trinajstić information content (AvgIpc) is 2.39. The molecule has 2 rings (SSSR count). The van der Waals surface area contributed by atoms with Crippen LogP contribution in [0.4, 0.5) is 11.4 Å². The lowest BCUT2D eigenvalue weighted by atomic mass is 10.2. The second-order valence-electron chi connectivity index (χ2n) is 4.97. The van der Waals surface area contributed by atoms with E-state index in [9.17, 15) is 4.79 Å². The molecule has 0 bridgehead atoms. The van der Waals surface area contributed by atoms with Gasteiger partial charge in [0, 0.05) is 44.5 Å². The zero-order chi connectivity index (χ0) is 14.5. The maximum Gasteiger partial charge on any atom is 0.222 e. The minimum Gasteiger partial charge on any atom is -0.369 e. The molecule has 0 aromatic heterocycles. The van der Waals surface area contributed by atoms with Crippen molar-refractivity contribution in [3.63, 3.8) is 0 Å². The van der Waals surface area contributed by atoms with Crippen LogP contribution < -0.4 is 15.5 Å². The van der Waals surface area contributed by atoms with Crippen LogP contribution in [0, 0.1) is 0 Å². The quantitative estimate of drug-likeness (QED) is 0.809. The summed E-state index contributed by atoms with van der Waals surface area (Å²) in [7, 11) is 2.15. The highest BCUT2D eigenvalue weighted by Crippen LogP contribution is 2.19. The number of thiocarbonyl (C=S) groups is 1. The minimum absolute atomic E-state index is 0. The molecule has 1 amide bonds. The van der Waals surface area contributed by atoms with Crippen LogP contribution in [-0.2, 0) is 4.79 Å². The summed E-state index contributed by atoms with van der Waals surface area (Å²) in [4.78, 5) is 15.6. The fourth-order valence-electron chi connectivity index (χ4n) is 2.14. The number of amides is 1. The molecule has 0 aliphatic carbocycles. The number of rotatable bonds is 2. The maximum absolute atomic E-state index is 10.9. The molecule has 1 aliphatic rings. The molecule has 2 N–H and O–H groups in total. The lowest BCUT2D eigenvalue weighted by Crippen LogP contribution is -2.44. The summed E-state index contributed by atoms with van der Waals surface area (Å²) in [5, 5.41) is 5.85. The van der Waals surface area contributed by atoms with Gasteiger partial charge in [-0.1, -0.05) is 0 Å². The maximum atomic E-state index is 10.9. The lowest BCUT2D eigenvalue weighted by molar-refractivity contribution is -0.117. The summed E-state index contributed by atoms with van der Waals surface area (Å²) >= 11 is 5.02. The Hall–Kier alpha value is -1.37. The number of carbonyl (C=O) groups excluding carboxylic acids is 1. The standard InChI is InChI=1S/C14H20N4OS.ClH/c1-11(19)15-14(20)16-12-3-5-13(6-4-12)18-9-7-17(2)8-10-18;/h3-6H,7-10H2,1-2H3,(H2,15,16,19,20);1H. The van der Waals surface area contributed by atoms with E-state index in [4.69, 9.17) is 12.2 Å². The highest BCUT2D eigenvalue weighted by Gasteiger charge is 2.13. The largest absolute Gasteiger partial charge is 0.369 e. The number of piperazine rings is 1. The third-order valence-electron chi connectivity index (χ3n) is 3.28. The summed E-state index contributed by atoms with van der Waals surface area (Å²) in [5.41, 5.74) is 2.09. The first kappa shape index (κ1) is 17.7. The average molecular weight is 329 g/mol. The van der Waals surface area contributed by atoms with E-state index in [0.717, 1.165) is 31.9 Å². The molecular weight excluding hydrogens is 308 g/mol. The first-order valence-electron chi connectivity index (χ1n) is 6.67. The molecule has 1 aliphatic heterocycles. The van der Waals surface area contributed by atoms with Gasteiger partial charge in [-0.05, 0) is 43.5 Å². The van der Waals surface area contributed by atoms with Crippen molar-refractivity contribution in [1.29, 1.82) is 0 Å². The Bertz CT molecular complexity index is 486. The van der Waals surface area contributed by atoms with Crippen LogP contribution in [-0.4, -0.2) is 49.1 Å². The van der Waals surface area contributed by atoms with Crippen molar-refractivity contribution in [2.75, 3.05) is 43.4 Å². The number of halogens is 1. The van der Waals surface area contributed by atoms with Crippen molar-refractivity contribution in [2.45, 2.75) is 6.92 Å². The van der Waals surface area contributed by atoms with E-state index in [2.05, 4.69) is 39.6 Å². The zero-order valence-corrected chi connectivity index (χ0v) is 13.9. The Kier molecular flexibility index (Phi) is 6.87. The molecule has 116 valence electrons. The number of carbonyl (C=O) groups is 1. The van der Waals surface area contributed by atoms with Crippen molar-refractivity contribution >= 4 is 47.0 Å². The van der Waals surface area contributed by atoms with Crippen LogP contribution in [0.15, 0.2) is 24.3 Å². The van der Waals surface area contributed by atoms with E-state index in [1.54, 1.807) is 0 Å². The molecule has 5 nitrogen and oxygen atoms in total. The predicted molar refractivity (Wildman–Crippen MR) is 93.4 cm³/mol. The van der Waals surface area contributed by atoms with Gasteiger partial charge in [0.1, 0.15) is 0 Å². The second-order valence-corrected chi connectivity index (χ2v) is 5.38. The summed E-state index contributed by atoms with van der Waals surface area (Å²) in [6.45, 7) is 5.71. The number of hydrogen-bond donors (Lipinski definition) is 2. The zero-order valence-electron chi connectivity index (χ0n) is 12.3. The van der Waals surface area contributed by atoms with Crippen LogP contribution in [0.3, 0.4) is 0 Å². The summed E-state index contributed by atoms with van der Waals surface area (Å²) < 4.78 is 0. The van der Waals surface area contributed by atoms with Crippen LogP contribution in [0.25, 0.3) is 0 Å². The Morgan fingerprint density at radius 1 is 1.14 bits per heavy atom. The summed E-state index contributed by atoms with van der Waals surface area (Å²) in [5.74, 6) is -0.170. The van der Waals surface area contributed by atoms with Gasteiger partial charge in [0.2, 0.25) is 5.91 Å². The van der Waals surface area contributed by atoms with E-state index >= 15 is 0 Å². The van der Waals surface area contributed by atoms with Crippen molar-refractivity contribution in [3.05, 3.63) is 24.3 Å². The van der Waals surface area contributed by atoms with Gasteiger partial charge >= 0.3 is 0 Å². The Balaban J connectivity index is 0.00000220. The molecule has 1 aromatic carbocycles. The Labute approximate surface area is 137 Å². The molecule has 0 atom stereocenters. The number of nitrogens with zero attached hydrogens (tertiary/aromatic N) is 2. The highest BCUT2D eigenvalue weighted by molar-refractivity contribution is 7.80. The second kappa shape index (κ2) is 8.17. The van der Waals surface area contributed by atoms with Crippen LogP contribution in [0.1, 0.15) is 6.92 Å². The van der Waals surface area contributed by atoms with Gasteiger partial charge < -0.3 is 20.4 Å². The molecule has 0 saturated carbocycles. The first-order valence-corrected chi connectivity index (χ1v) is 7.07. The Morgan fingerprint density at radius 3 is 2.24 bits per heavy atom. The van der Waals surface area contributed by atoms with Crippen LogP contribution in [0.5, 0.6) is 0 Å². The van der Waals surface area contributed by atoms with Crippen LogP contribution >= 0.6 is 24.6 Å². The van der Waals surface area contributed by atoms with E-state index < -0.39 is 0 Å². The van der Waals surface area contributed by atoms with Gasteiger partial charge in [-0.3, -0.25) is 4.79 Å². The molecule has 1 saturated heterocycles. The molecule has 0 spiro atoms. The molecule has 1 aromatic rings. The topological polar surface area (TPSA) is 47.6 Å². The molecule has 0 unspecified atom stereocenters. The van der Waals surface area contributed by atoms with Crippen LogP contribution in [0.2, 0.25) is 0 Å². The molecule has 0 radical (unpaired) electrons. The van der Waals surface area contributed by atoms with Crippen molar-refractivity contribution in [3.8, 4) is 0 Å².